The van der Waals surface area contributed by atoms with Crippen LogP contribution in [0.4, 0.5) is 4.79 Å². The molecule has 10 heteroatoms. The minimum absolute atomic E-state index is 0.0520. The fourth-order valence-corrected chi connectivity index (χ4v) is 5.66. The predicted molar refractivity (Wildman–Crippen MR) is 175 cm³/mol. The van der Waals surface area contributed by atoms with E-state index >= 15 is 0 Å². The Labute approximate surface area is 275 Å². The minimum Gasteiger partial charge on any atom is -0.493 e. The number of piperidine rings is 1. The largest absolute Gasteiger partial charge is 0.493 e. The van der Waals surface area contributed by atoms with E-state index in [0.717, 1.165) is 40.0 Å². The Morgan fingerprint density at radius 2 is 1.68 bits per heavy atom. The van der Waals surface area contributed by atoms with Gasteiger partial charge in [-0.2, -0.15) is 0 Å². The molecule has 1 unspecified atom stereocenters. The molecule has 4 aromatic carbocycles. The molecule has 2 atom stereocenters. The molecule has 4 aromatic rings. The molecular formula is C37H42N2O8. The zero-order chi connectivity index (χ0) is 33.0. The van der Waals surface area contributed by atoms with E-state index in [-0.39, 0.29) is 24.0 Å². The van der Waals surface area contributed by atoms with E-state index in [0.29, 0.717) is 50.6 Å². The van der Waals surface area contributed by atoms with Gasteiger partial charge in [0.05, 0.1) is 37.9 Å². The van der Waals surface area contributed by atoms with Crippen LogP contribution in [-0.4, -0.2) is 66.3 Å². The van der Waals surface area contributed by atoms with Crippen molar-refractivity contribution in [3.63, 3.8) is 0 Å². The van der Waals surface area contributed by atoms with Crippen molar-refractivity contribution < 1.29 is 39.0 Å². The van der Waals surface area contributed by atoms with Gasteiger partial charge in [0.2, 0.25) is 0 Å². The molecule has 1 fully saturated rings. The topological polar surface area (TPSA) is 110 Å². The van der Waals surface area contributed by atoms with Crippen LogP contribution in [0, 0.1) is 6.92 Å². The first-order valence-corrected chi connectivity index (χ1v) is 15.7. The summed E-state index contributed by atoms with van der Waals surface area (Å²) in [5.41, 5.74) is 6.15. The molecule has 1 amide bonds. The summed E-state index contributed by atoms with van der Waals surface area (Å²) in [6, 6.07) is 31.6. The summed E-state index contributed by atoms with van der Waals surface area (Å²) >= 11 is 0. The number of carbonyl (C=O) groups is 1. The quantitative estimate of drug-likeness (QED) is 0.109. The molecule has 1 aliphatic rings. The number of methoxy groups -OCH3 is 1. The van der Waals surface area contributed by atoms with Crippen LogP contribution in [0.1, 0.15) is 41.0 Å². The van der Waals surface area contributed by atoms with E-state index in [1.165, 1.54) is 0 Å². The zero-order valence-electron chi connectivity index (χ0n) is 26.8. The molecule has 1 aliphatic heterocycles. The molecule has 10 nitrogen and oxygen atoms in total. The fraction of sp³-hybridized carbons (Fsp3) is 0.324. The summed E-state index contributed by atoms with van der Waals surface area (Å²) in [7, 11) is 1.68. The van der Waals surface area contributed by atoms with E-state index < -0.39 is 6.09 Å². The Morgan fingerprint density at radius 3 is 2.45 bits per heavy atom. The van der Waals surface area contributed by atoms with Gasteiger partial charge < -0.3 is 23.8 Å². The Hall–Kier alpha value is -4.29. The van der Waals surface area contributed by atoms with Gasteiger partial charge in [-0.25, -0.2) is 9.63 Å². The van der Waals surface area contributed by atoms with E-state index in [2.05, 4.69) is 41.2 Å². The van der Waals surface area contributed by atoms with Crippen molar-refractivity contribution in [3.05, 3.63) is 119 Å². The second-order valence-electron chi connectivity index (χ2n) is 11.5. The lowest BCUT2D eigenvalue weighted by molar-refractivity contribution is -0.497. The maximum atomic E-state index is 13.4. The van der Waals surface area contributed by atoms with E-state index in [9.17, 15) is 4.79 Å². The lowest BCUT2D eigenvalue weighted by Crippen LogP contribution is -2.47. The highest BCUT2D eigenvalue weighted by Gasteiger charge is 2.34. The first kappa shape index (κ1) is 34.1. The Balaban J connectivity index is 1.32. The molecule has 0 saturated carbocycles. The predicted octanol–water partition coefficient (Wildman–Crippen LogP) is 7.16. The van der Waals surface area contributed by atoms with Gasteiger partial charge in [0.15, 0.2) is 0 Å². The minimum atomic E-state index is -0.464. The number of rotatable bonds is 14. The van der Waals surface area contributed by atoms with E-state index in [4.69, 9.17) is 29.4 Å². The number of likely N-dealkylation sites (tertiary alicyclic amines) is 1. The van der Waals surface area contributed by atoms with Gasteiger partial charge in [-0.05, 0) is 59.4 Å². The highest BCUT2D eigenvalue weighted by Crippen LogP contribution is 2.34. The van der Waals surface area contributed by atoms with Crippen LogP contribution >= 0.6 is 0 Å². The van der Waals surface area contributed by atoms with Crippen LogP contribution in [-0.2, 0) is 27.5 Å². The molecule has 0 aliphatic carbocycles. The first-order chi connectivity index (χ1) is 22.9. The van der Waals surface area contributed by atoms with Crippen molar-refractivity contribution in [2.45, 2.75) is 45.0 Å². The standard InChI is InChI=1S/C37H42N2O8/c1-27-12-15-32(35(22-27)44-21-7-20-43-2)26-45-36-24-38(37(40)47-33-16-13-28(14-17-33)25-46-39(41)42)19-18-34(36)31-11-6-10-30(23-31)29-8-4-3-5-9-29/h3-6,8-17,22-23,34,36,41-42H,7,18-21,24-26H2,1-2H3/t34-,36?/m1/s1. The molecule has 0 radical (unpaired) electrons. The van der Waals surface area contributed by atoms with Crippen molar-refractivity contribution >= 4 is 6.09 Å². The Kier molecular flexibility index (Phi) is 12.3. The van der Waals surface area contributed by atoms with Gasteiger partial charge in [0, 0.05) is 38.2 Å². The third kappa shape index (κ3) is 9.85. The monoisotopic (exact) mass is 642 g/mol. The van der Waals surface area contributed by atoms with Gasteiger partial charge in [-0.15, -0.1) is 0 Å². The molecule has 5 rings (SSSR count). The number of hydrogen-bond donors (Lipinski definition) is 2. The zero-order valence-corrected chi connectivity index (χ0v) is 26.8. The van der Waals surface area contributed by atoms with Gasteiger partial charge in [-0.1, -0.05) is 78.9 Å². The van der Waals surface area contributed by atoms with Crippen molar-refractivity contribution in [2.75, 3.05) is 33.4 Å². The van der Waals surface area contributed by atoms with Gasteiger partial charge in [-0.3, -0.25) is 10.4 Å². The van der Waals surface area contributed by atoms with Crippen molar-refractivity contribution in [2.24, 2.45) is 0 Å². The van der Waals surface area contributed by atoms with Crippen LogP contribution in [0.25, 0.3) is 11.1 Å². The van der Waals surface area contributed by atoms with Crippen LogP contribution < -0.4 is 9.47 Å². The molecule has 1 heterocycles. The number of benzene rings is 4. The lowest BCUT2D eigenvalue weighted by Gasteiger charge is -2.38. The molecule has 0 spiro atoms. The number of carbonyl (C=O) groups excluding carboxylic acids is 1. The van der Waals surface area contributed by atoms with E-state index in [1.807, 2.05) is 43.3 Å². The molecule has 248 valence electrons. The van der Waals surface area contributed by atoms with Crippen LogP contribution in [0.5, 0.6) is 11.5 Å². The maximum absolute atomic E-state index is 13.4. The van der Waals surface area contributed by atoms with Gasteiger partial charge in [0.25, 0.3) is 0 Å². The van der Waals surface area contributed by atoms with Crippen LogP contribution in [0.15, 0.2) is 97.1 Å². The van der Waals surface area contributed by atoms with Crippen LogP contribution in [0.2, 0.25) is 0 Å². The molecule has 47 heavy (non-hydrogen) atoms. The Morgan fingerprint density at radius 1 is 0.894 bits per heavy atom. The number of hydrogen-bond acceptors (Lipinski definition) is 9. The van der Waals surface area contributed by atoms with Crippen LogP contribution in [0.3, 0.4) is 0 Å². The second-order valence-corrected chi connectivity index (χ2v) is 11.5. The number of ether oxygens (including phenoxy) is 4. The number of aryl methyl sites for hydroxylation is 1. The molecule has 0 aromatic heterocycles. The second kappa shape index (κ2) is 17.0. The number of amides is 1. The lowest BCUT2D eigenvalue weighted by atomic mass is 9.85. The third-order valence-electron chi connectivity index (χ3n) is 8.14. The smallest absolute Gasteiger partial charge is 0.415 e. The molecule has 0 bridgehead atoms. The summed E-state index contributed by atoms with van der Waals surface area (Å²) in [4.78, 5) is 19.7. The average Bonchev–Trinajstić information content (AvgIpc) is 3.09. The highest BCUT2D eigenvalue weighted by atomic mass is 17.1. The summed E-state index contributed by atoms with van der Waals surface area (Å²) in [5.74, 6) is 1.21. The van der Waals surface area contributed by atoms with Gasteiger partial charge in [0.1, 0.15) is 11.5 Å². The van der Waals surface area contributed by atoms with Gasteiger partial charge >= 0.3 is 6.09 Å². The average molecular weight is 643 g/mol. The summed E-state index contributed by atoms with van der Waals surface area (Å²) < 4.78 is 23.7. The molecule has 1 saturated heterocycles. The Bertz CT molecular complexity index is 1560. The van der Waals surface area contributed by atoms with Crippen molar-refractivity contribution in [1.29, 1.82) is 0 Å². The SMILES string of the molecule is COCCCOc1cc(C)ccc1COC1CN(C(=O)Oc2ccc(CON(O)O)cc2)CC[C@@H]1c1cccc(-c2ccccc2)c1. The normalized spacial score (nSPS) is 16.3. The first-order valence-electron chi connectivity index (χ1n) is 15.7. The van der Waals surface area contributed by atoms with Crippen molar-refractivity contribution in [1.82, 2.24) is 10.3 Å². The van der Waals surface area contributed by atoms with E-state index in [1.54, 1.807) is 36.3 Å². The highest BCUT2D eigenvalue weighted by molar-refractivity contribution is 5.71. The summed E-state index contributed by atoms with van der Waals surface area (Å²) in [6.07, 6.45) is 0.712. The molecular weight excluding hydrogens is 600 g/mol. The third-order valence-corrected chi connectivity index (χ3v) is 8.14. The van der Waals surface area contributed by atoms with Crippen molar-refractivity contribution in [3.8, 4) is 22.6 Å². The summed E-state index contributed by atoms with van der Waals surface area (Å²) in [5, 5.41) is 17.2. The number of nitrogens with zero attached hydrogens (tertiary/aromatic N) is 2. The summed E-state index contributed by atoms with van der Waals surface area (Å²) in [6.45, 7) is 4.32. The fourth-order valence-electron chi connectivity index (χ4n) is 5.66. The maximum Gasteiger partial charge on any atom is 0.415 e. The molecule has 2 N–H and O–H groups in total.